The van der Waals surface area contributed by atoms with Gasteiger partial charge in [0.05, 0.1) is 0 Å². The lowest BCUT2D eigenvalue weighted by Crippen LogP contribution is -2.48. The van der Waals surface area contributed by atoms with Crippen LogP contribution in [0.3, 0.4) is 0 Å². The summed E-state index contributed by atoms with van der Waals surface area (Å²) in [4.78, 5) is 0. The van der Waals surface area contributed by atoms with Crippen LogP contribution in [0, 0.1) is 17.8 Å². The van der Waals surface area contributed by atoms with Gasteiger partial charge in [0.2, 0.25) is 0 Å². The first kappa shape index (κ1) is 14.9. The van der Waals surface area contributed by atoms with Gasteiger partial charge < -0.3 is 0 Å². The fourth-order valence-corrected chi connectivity index (χ4v) is 7.76. The Kier molecular flexibility index (Phi) is 3.65. The molecular weight excluding hydrogens is 339 g/mol. The molecule has 21 heavy (non-hydrogen) atoms. The second-order valence-corrected chi connectivity index (χ2v) is 16.8. The van der Waals surface area contributed by atoms with Crippen LogP contribution in [0.5, 0.6) is 0 Å². The standard InChI is InChI=1S/C17H21Cl3Si/c18-21(19,20)11-12-1-3-16(4-2-12)17-8-13-5-14(9-17)7-15(6-13)10-17/h1-4,13-15H,5-11H2. The van der Waals surface area contributed by atoms with E-state index in [0.29, 0.717) is 11.5 Å². The van der Waals surface area contributed by atoms with E-state index < -0.39 is 6.00 Å². The van der Waals surface area contributed by atoms with E-state index in [4.69, 9.17) is 33.2 Å². The molecule has 4 saturated carbocycles. The van der Waals surface area contributed by atoms with Crippen molar-refractivity contribution in [2.45, 2.75) is 50.0 Å². The molecular formula is C17H21Cl3Si. The van der Waals surface area contributed by atoms with Gasteiger partial charge in [0.1, 0.15) is 0 Å². The van der Waals surface area contributed by atoms with E-state index in [1.165, 1.54) is 44.1 Å². The van der Waals surface area contributed by atoms with Gasteiger partial charge in [-0.1, -0.05) is 24.3 Å². The molecule has 4 heteroatoms. The average molecular weight is 360 g/mol. The van der Waals surface area contributed by atoms with Crippen LogP contribution in [0.25, 0.3) is 0 Å². The normalized spacial score (nSPS) is 38.0. The van der Waals surface area contributed by atoms with Crippen molar-refractivity contribution in [2.24, 2.45) is 17.8 Å². The lowest BCUT2D eigenvalue weighted by Gasteiger charge is -2.57. The largest absolute Gasteiger partial charge is 0.345 e. The fraction of sp³-hybridized carbons (Fsp3) is 0.647. The molecule has 1 aromatic carbocycles. The van der Waals surface area contributed by atoms with Crippen molar-refractivity contribution in [3.05, 3.63) is 35.4 Å². The van der Waals surface area contributed by atoms with E-state index >= 15 is 0 Å². The molecule has 0 saturated heterocycles. The summed E-state index contributed by atoms with van der Waals surface area (Å²) < 4.78 is 0. The second kappa shape index (κ2) is 5.16. The van der Waals surface area contributed by atoms with Crippen molar-refractivity contribution in [2.75, 3.05) is 0 Å². The Morgan fingerprint density at radius 2 is 1.33 bits per heavy atom. The maximum atomic E-state index is 6.03. The molecule has 5 rings (SSSR count). The van der Waals surface area contributed by atoms with Crippen molar-refractivity contribution >= 4 is 39.2 Å². The van der Waals surface area contributed by atoms with Crippen LogP contribution in [0.1, 0.15) is 49.7 Å². The second-order valence-electron chi connectivity index (χ2n) is 7.69. The van der Waals surface area contributed by atoms with E-state index in [9.17, 15) is 0 Å². The van der Waals surface area contributed by atoms with E-state index in [1.54, 1.807) is 5.56 Å². The lowest BCUT2D eigenvalue weighted by atomic mass is 9.48. The third-order valence-corrected chi connectivity index (χ3v) is 8.02. The number of benzene rings is 1. The molecule has 4 aliphatic carbocycles. The van der Waals surface area contributed by atoms with Gasteiger partial charge >= 0.3 is 6.00 Å². The molecule has 0 unspecified atom stereocenters. The zero-order valence-corrected chi connectivity index (χ0v) is 15.4. The third kappa shape index (κ3) is 2.92. The molecule has 0 aliphatic heterocycles. The van der Waals surface area contributed by atoms with Gasteiger partial charge in [-0.2, -0.15) is 0 Å². The minimum Gasteiger partial charge on any atom is -0.126 e. The molecule has 4 aliphatic rings. The number of halogens is 3. The number of hydrogen-bond donors (Lipinski definition) is 0. The maximum Gasteiger partial charge on any atom is 0.345 e. The Hall–Kier alpha value is 0.307. The van der Waals surface area contributed by atoms with Crippen LogP contribution >= 0.6 is 33.2 Å². The summed E-state index contributed by atoms with van der Waals surface area (Å²) in [7, 11) is 0. The Bertz CT molecular complexity index is 497. The highest BCUT2D eigenvalue weighted by molar-refractivity contribution is 7.64. The Morgan fingerprint density at radius 3 is 1.76 bits per heavy atom. The van der Waals surface area contributed by atoms with Crippen molar-refractivity contribution < 1.29 is 0 Å². The van der Waals surface area contributed by atoms with Crippen molar-refractivity contribution in [3.8, 4) is 0 Å². The number of rotatable bonds is 3. The first-order valence-electron chi connectivity index (χ1n) is 8.08. The first-order chi connectivity index (χ1) is 9.92. The molecule has 114 valence electrons. The minimum absolute atomic E-state index is 0.477. The zero-order valence-electron chi connectivity index (χ0n) is 12.1. The first-order valence-corrected chi connectivity index (χ1v) is 13.3. The Morgan fingerprint density at radius 1 is 0.857 bits per heavy atom. The molecule has 0 amide bonds. The topological polar surface area (TPSA) is 0 Å². The van der Waals surface area contributed by atoms with Crippen LogP contribution in [0.15, 0.2) is 24.3 Å². The van der Waals surface area contributed by atoms with Gasteiger partial charge in [0, 0.05) is 6.04 Å². The van der Waals surface area contributed by atoms with Gasteiger partial charge in [-0.25, -0.2) is 0 Å². The molecule has 0 heterocycles. The predicted molar refractivity (Wildman–Crippen MR) is 93.3 cm³/mol. The third-order valence-electron chi connectivity index (χ3n) is 6.01. The van der Waals surface area contributed by atoms with Gasteiger partial charge in [-0.3, -0.25) is 0 Å². The summed E-state index contributed by atoms with van der Waals surface area (Å²) in [5, 5.41) is 0. The molecule has 0 aromatic heterocycles. The van der Waals surface area contributed by atoms with Crippen molar-refractivity contribution in [3.63, 3.8) is 0 Å². The highest BCUT2D eigenvalue weighted by Crippen LogP contribution is 2.60. The predicted octanol–water partition coefficient (Wildman–Crippen LogP) is 5.89. The van der Waals surface area contributed by atoms with E-state index in [-0.39, 0.29) is 0 Å². The Labute approximate surface area is 142 Å². The van der Waals surface area contributed by atoms with Gasteiger partial charge in [-0.15, -0.1) is 33.2 Å². The lowest BCUT2D eigenvalue weighted by molar-refractivity contribution is -0.00519. The fourth-order valence-electron chi connectivity index (χ4n) is 5.67. The highest BCUT2D eigenvalue weighted by Gasteiger charge is 2.51. The summed E-state index contributed by atoms with van der Waals surface area (Å²) in [6, 6.07) is 7.10. The molecule has 0 spiro atoms. The van der Waals surface area contributed by atoms with Crippen molar-refractivity contribution in [1.82, 2.24) is 0 Å². The summed E-state index contributed by atoms with van der Waals surface area (Å²) in [6.07, 6.45) is 8.73. The van der Waals surface area contributed by atoms with Crippen LogP contribution in [0.4, 0.5) is 0 Å². The summed E-state index contributed by atoms with van der Waals surface area (Å²) in [6.45, 7) is 0. The van der Waals surface area contributed by atoms with Crippen molar-refractivity contribution in [1.29, 1.82) is 0 Å². The molecule has 0 N–H and O–H groups in total. The monoisotopic (exact) mass is 358 g/mol. The average Bonchev–Trinajstić information content (AvgIpc) is 2.35. The molecule has 4 fully saturated rings. The van der Waals surface area contributed by atoms with Crippen LogP contribution in [-0.4, -0.2) is 6.00 Å². The van der Waals surface area contributed by atoms with Gasteiger partial charge in [0.15, 0.2) is 0 Å². The van der Waals surface area contributed by atoms with E-state index in [2.05, 4.69) is 24.3 Å². The van der Waals surface area contributed by atoms with E-state index in [1.807, 2.05) is 0 Å². The molecule has 0 radical (unpaired) electrons. The highest BCUT2D eigenvalue weighted by atomic mass is 35.8. The summed E-state index contributed by atoms with van der Waals surface area (Å²) >= 11 is 18.1. The summed E-state index contributed by atoms with van der Waals surface area (Å²) in [5.74, 6) is 2.97. The quantitative estimate of drug-likeness (QED) is 0.466. The smallest absolute Gasteiger partial charge is 0.126 e. The molecule has 0 nitrogen and oxygen atoms in total. The maximum absolute atomic E-state index is 6.03. The molecule has 4 bridgehead atoms. The molecule has 1 aromatic rings. The zero-order chi connectivity index (χ0) is 14.7. The summed E-state index contributed by atoms with van der Waals surface area (Å²) in [5.41, 5.74) is 3.21. The van der Waals surface area contributed by atoms with Gasteiger partial charge in [-0.05, 0) is 72.8 Å². The van der Waals surface area contributed by atoms with Crippen LogP contribution in [0.2, 0.25) is 0 Å². The Balaban J connectivity index is 1.59. The SMILES string of the molecule is Cl[Si](Cl)(Cl)Cc1ccc(C23CC4CC(CC(C4)C2)C3)cc1. The molecule has 0 atom stereocenters. The van der Waals surface area contributed by atoms with Crippen LogP contribution in [-0.2, 0) is 11.5 Å². The minimum atomic E-state index is -2.57. The van der Waals surface area contributed by atoms with Gasteiger partial charge in [0.25, 0.3) is 0 Å². The number of hydrogen-bond acceptors (Lipinski definition) is 0. The van der Waals surface area contributed by atoms with E-state index in [0.717, 1.165) is 17.8 Å². The van der Waals surface area contributed by atoms with Crippen LogP contribution < -0.4 is 0 Å².